The molecule has 0 fully saturated rings. The van der Waals surface area contributed by atoms with Crippen molar-refractivity contribution < 1.29 is 18.7 Å². The van der Waals surface area contributed by atoms with Gasteiger partial charge >= 0.3 is 0 Å². The number of benzene rings is 3. The summed E-state index contributed by atoms with van der Waals surface area (Å²) in [4.78, 5) is 18.8. The second kappa shape index (κ2) is 11.7. The first kappa shape index (κ1) is 25.9. The number of halogens is 1. The highest BCUT2D eigenvalue weighted by Gasteiger charge is 2.30. The van der Waals surface area contributed by atoms with Crippen molar-refractivity contribution in [3.63, 3.8) is 0 Å². The van der Waals surface area contributed by atoms with Gasteiger partial charge in [-0.3, -0.25) is 4.79 Å². The minimum Gasteiger partial charge on any atom is -0.497 e. The molecule has 0 aliphatic heterocycles. The van der Waals surface area contributed by atoms with Gasteiger partial charge in [0.05, 0.1) is 25.8 Å². The fourth-order valence-corrected chi connectivity index (χ4v) is 4.56. The average Bonchev–Trinajstić information content (AvgIpc) is 3.32. The summed E-state index contributed by atoms with van der Waals surface area (Å²) in [5.41, 5.74) is 2.45. The molecule has 1 N–H and O–H groups in total. The van der Waals surface area contributed by atoms with E-state index in [-0.39, 0.29) is 34.6 Å². The van der Waals surface area contributed by atoms with Gasteiger partial charge in [-0.05, 0) is 18.9 Å². The minimum absolute atomic E-state index is 0.115. The van der Waals surface area contributed by atoms with Gasteiger partial charge in [0.1, 0.15) is 34.5 Å². The molecule has 3 aromatic carbocycles. The van der Waals surface area contributed by atoms with Crippen molar-refractivity contribution in [2.24, 2.45) is 0 Å². The van der Waals surface area contributed by atoms with E-state index in [4.69, 9.17) is 14.5 Å². The lowest BCUT2D eigenvalue weighted by atomic mass is 10.0. The number of rotatable bonds is 10. The van der Waals surface area contributed by atoms with Crippen LogP contribution in [0.1, 0.15) is 48.8 Å². The first-order chi connectivity index (χ1) is 18.0. The molecule has 1 heterocycles. The van der Waals surface area contributed by atoms with Gasteiger partial charge in [0.2, 0.25) is 0 Å². The van der Waals surface area contributed by atoms with Crippen molar-refractivity contribution in [3.05, 3.63) is 89.9 Å². The zero-order valence-corrected chi connectivity index (χ0v) is 21.6. The Kier molecular flexibility index (Phi) is 8.23. The molecule has 0 aliphatic rings. The van der Waals surface area contributed by atoms with Crippen LogP contribution in [-0.4, -0.2) is 29.7 Å². The lowest BCUT2D eigenvalue weighted by Gasteiger charge is -2.20. The van der Waals surface area contributed by atoms with Crippen molar-refractivity contribution in [2.45, 2.75) is 39.3 Å². The second-order valence-corrected chi connectivity index (χ2v) is 8.65. The molecular weight excluding hydrogens is 469 g/mol. The fraction of sp³-hybridized carbons (Fsp3) is 0.267. The molecule has 4 rings (SSSR count). The fourth-order valence-electron chi connectivity index (χ4n) is 4.56. The Morgan fingerprint density at radius 2 is 1.68 bits per heavy atom. The van der Waals surface area contributed by atoms with Gasteiger partial charge in [0.25, 0.3) is 5.91 Å². The Morgan fingerprint density at radius 3 is 2.27 bits per heavy atom. The third-order valence-electron chi connectivity index (χ3n) is 6.34. The molecule has 0 bridgehead atoms. The van der Waals surface area contributed by atoms with Crippen LogP contribution in [0.2, 0.25) is 0 Å². The molecule has 1 atom stereocenters. The molecule has 6 nitrogen and oxygen atoms in total. The van der Waals surface area contributed by atoms with Crippen LogP contribution >= 0.6 is 0 Å². The third kappa shape index (κ3) is 5.35. The van der Waals surface area contributed by atoms with Crippen LogP contribution in [-0.2, 0) is 6.54 Å². The number of amides is 1. The largest absolute Gasteiger partial charge is 0.497 e. The smallest absolute Gasteiger partial charge is 0.270 e. The topological polar surface area (TPSA) is 65.4 Å². The summed E-state index contributed by atoms with van der Waals surface area (Å²) in [5, 5.41) is 3.19. The van der Waals surface area contributed by atoms with E-state index in [1.54, 1.807) is 6.07 Å². The van der Waals surface area contributed by atoms with Crippen LogP contribution < -0.4 is 14.8 Å². The molecule has 7 heteroatoms. The maximum absolute atomic E-state index is 15.6. The maximum atomic E-state index is 15.6. The van der Waals surface area contributed by atoms with Crippen LogP contribution in [0.25, 0.3) is 22.6 Å². The molecule has 4 aromatic rings. The summed E-state index contributed by atoms with van der Waals surface area (Å²) in [6.45, 7) is 4.48. The highest BCUT2D eigenvalue weighted by molar-refractivity contribution is 6.00. The minimum atomic E-state index is -0.584. The van der Waals surface area contributed by atoms with Crippen LogP contribution in [0.5, 0.6) is 11.5 Å². The molecule has 1 unspecified atom stereocenters. The maximum Gasteiger partial charge on any atom is 0.270 e. The standard InChI is InChI=1S/C30H32FN3O3/c1-5-13-24(20-14-9-7-10-15-20)32-30(35)28-27(26-23(31)18-22(36-3)19-25(26)37-4)33-29(34(28)6-2)21-16-11-8-12-17-21/h7-12,14-19,24H,5-6,13H2,1-4H3,(H,32,35). The molecule has 0 spiro atoms. The van der Waals surface area contributed by atoms with E-state index in [1.807, 2.05) is 72.2 Å². The number of carbonyl (C=O) groups is 1. The molecule has 0 radical (unpaired) electrons. The summed E-state index contributed by atoms with van der Waals surface area (Å²) < 4.78 is 28.2. The number of aromatic nitrogens is 2. The average molecular weight is 502 g/mol. The van der Waals surface area contributed by atoms with Crippen molar-refractivity contribution in [2.75, 3.05) is 14.2 Å². The summed E-state index contributed by atoms with van der Waals surface area (Å²) in [6.07, 6.45) is 1.65. The van der Waals surface area contributed by atoms with Gasteiger partial charge < -0.3 is 19.4 Å². The number of imidazole rings is 1. The Morgan fingerprint density at radius 1 is 1.00 bits per heavy atom. The molecule has 37 heavy (non-hydrogen) atoms. The van der Waals surface area contributed by atoms with Gasteiger partial charge in [-0.2, -0.15) is 0 Å². The molecule has 1 amide bonds. The zero-order valence-electron chi connectivity index (χ0n) is 21.6. The highest BCUT2D eigenvalue weighted by atomic mass is 19.1. The monoisotopic (exact) mass is 501 g/mol. The van der Waals surface area contributed by atoms with Crippen LogP contribution in [0, 0.1) is 5.82 Å². The third-order valence-corrected chi connectivity index (χ3v) is 6.34. The van der Waals surface area contributed by atoms with Crippen molar-refractivity contribution >= 4 is 5.91 Å². The van der Waals surface area contributed by atoms with E-state index in [2.05, 4.69) is 12.2 Å². The van der Waals surface area contributed by atoms with E-state index >= 15 is 4.39 Å². The lowest BCUT2D eigenvalue weighted by molar-refractivity contribution is 0.0926. The number of carbonyl (C=O) groups excluding carboxylic acids is 1. The Hall–Kier alpha value is -4.13. The number of nitrogens with zero attached hydrogens (tertiary/aromatic N) is 2. The van der Waals surface area contributed by atoms with Gasteiger partial charge in [0, 0.05) is 24.2 Å². The normalized spacial score (nSPS) is 11.7. The Bertz CT molecular complexity index is 1350. The predicted molar refractivity (Wildman–Crippen MR) is 143 cm³/mol. The predicted octanol–water partition coefficient (Wildman–Crippen LogP) is 6.66. The summed E-state index contributed by atoms with van der Waals surface area (Å²) in [5.74, 6) is 0.214. The van der Waals surface area contributed by atoms with Crippen LogP contribution in [0.15, 0.2) is 72.8 Å². The van der Waals surface area contributed by atoms with Crippen molar-refractivity contribution in [1.29, 1.82) is 0 Å². The van der Waals surface area contributed by atoms with E-state index in [0.717, 1.165) is 24.0 Å². The van der Waals surface area contributed by atoms with E-state index in [9.17, 15) is 4.79 Å². The summed E-state index contributed by atoms with van der Waals surface area (Å²) in [7, 11) is 2.92. The molecule has 192 valence electrons. The quantitative estimate of drug-likeness (QED) is 0.264. The lowest BCUT2D eigenvalue weighted by Crippen LogP contribution is -2.31. The van der Waals surface area contributed by atoms with E-state index < -0.39 is 5.82 Å². The molecule has 1 aromatic heterocycles. The number of ether oxygens (including phenoxy) is 2. The number of methoxy groups -OCH3 is 2. The number of nitrogens with one attached hydrogen (secondary N) is 1. The van der Waals surface area contributed by atoms with Gasteiger partial charge in [0.15, 0.2) is 0 Å². The van der Waals surface area contributed by atoms with E-state index in [1.165, 1.54) is 20.3 Å². The molecular formula is C30H32FN3O3. The molecule has 0 saturated carbocycles. The number of hydrogen-bond donors (Lipinski definition) is 1. The number of hydrogen-bond acceptors (Lipinski definition) is 4. The van der Waals surface area contributed by atoms with Gasteiger partial charge in [-0.15, -0.1) is 0 Å². The van der Waals surface area contributed by atoms with Crippen molar-refractivity contribution in [1.82, 2.24) is 14.9 Å². The second-order valence-electron chi connectivity index (χ2n) is 8.65. The SMILES string of the molecule is CCCC(NC(=O)c1c(-c2c(F)cc(OC)cc2OC)nc(-c2ccccc2)n1CC)c1ccccc1. The molecule has 0 aliphatic carbocycles. The Labute approximate surface area is 217 Å². The Balaban J connectivity index is 1.92. The van der Waals surface area contributed by atoms with Gasteiger partial charge in [-0.1, -0.05) is 74.0 Å². The summed E-state index contributed by atoms with van der Waals surface area (Å²) >= 11 is 0. The summed E-state index contributed by atoms with van der Waals surface area (Å²) in [6, 6.07) is 22.1. The molecule has 0 saturated heterocycles. The zero-order chi connectivity index (χ0) is 26.4. The van der Waals surface area contributed by atoms with Crippen LogP contribution in [0.4, 0.5) is 4.39 Å². The van der Waals surface area contributed by atoms with Crippen molar-refractivity contribution in [3.8, 4) is 34.1 Å². The van der Waals surface area contributed by atoms with Crippen LogP contribution in [0.3, 0.4) is 0 Å². The highest BCUT2D eigenvalue weighted by Crippen LogP contribution is 2.39. The van der Waals surface area contributed by atoms with Gasteiger partial charge in [-0.25, -0.2) is 9.37 Å². The first-order valence-electron chi connectivity index (χ1n) is 12.5. The van der Waals surface area contributed by atoms with E-state index in [0.29, 0.717) is 18.1 Å². The first-order valence-corrected chi connectivity index (χ1v) is 12.5.